The molecule has 1 aromatic carbocycles. The van der Waals surface area contributed by atoms with Gasteiger partial charge in [-0.3, -0.25) is 4.98 Å². The predicted molar refractivity (Wildman–Crippen MR) is 85.9 cm³/mol. The number of nitrogens with one attached hydrogen (secondary N) is 1. The maximum absolute atomic E-state index is 6.13. The highest BCUT2D eigenvalue weighted by Gasteiger charge is 2.28. The van der Waals surface area contributed by atoms with Crippen molar-refractivity contribution in [2.45, 2.75) is 25.3 Å². The predicted octanol–water partition coefficient (Wildman–Crippen LogP) is 3.56. The van der Waals surface area contributed by atoms with E-state index in [0.29, 0.717) is 12.3 Å². The lowest BCUT2D eigenvalue weighted by Crippen LogP contribution is -2.43. The van der Waals surface area contributed by atoms with E-state index in [0.717, 1.165) is 40.5 Å². The largest absolute Gasteiger partial charge is 0.396 e. The number of rotatable bonds is 2. The van der Waals surface area contributed by atoms with Crippen LogP contribution in [0.2, 0.25) is 0 Å². The molecule has 3 N–H and O–H groups in total. The molecule has 0 aliphatic carbocycles. The third-order valence-corrected chi connectivity index (χ3v) is 4.22. The molecule has 1 aliphatic heterocycles. The molecule has 1 atom stereocenters. The number of benzene rings is 1. The third kappa shape index (κ3) is 2.60. The number of pyridine rings is 1. The Labute approximate surface area is 126 Å². The number of nitrogen functional groups attached to an aromatic ring is 1. The second-order valence-corrected chi connectivity index (χ2v) is 6.51. The van der Waals surface area contributed by atoms with E-state index in [4.69, 9.17) is 10.5 Å². The number of halogens is 1. The topological polar surface area (TPSA) is 60.2 Å². The number of anilines is 2. The molecule has 106 valence electrons. The lowest BCUT2D eigenvalue weighted by Gasteiger charge is -2.36. The van der Waals surface area contributed by atoms with E-state index in [9.17, 15) is 0 Å². The van der Waals surface area contributed by atoms with Crippen molar-refractivity contribution in [3.63, 3.8) is 0 Å². The molecular formula is C15H18BrN3O. The Balaban J connectivity index is 2.05. The Morgan fingerprint density at radius 3 is 3.05 bits per heavy atom. The second-order valence-electron chi connectivity index (χ2n) is 5.59. The van der Waals surface area contributed by atoms with E-state index in [1.165, 1.54) is 0 Å². The fourth-order valence-electron chi connectivity index (χ4n) is 2.65. The molecule has 1 unspecified atom stereocenters. The van der Waals surface area contributed by atoms with Gasteiger partial charge in [0.05, 0.1) is 35.2 Å². The van der Waals surface area contributed by atoms with Crippen molar-refractivity contribution in [3.8, 4) is 0 Å². The number of fused-ring (bicyclic) bond motifs is 1. The van der Waals surface area contributed by atoms with E-state index in [-0.39, 0.29) is 5.54 Å². The van der Waals surface area contributed by atoms with Gasteiger partial charge in [0.15, 0.2) is 0 Å². The number of hydrogen-bond donors (Lipinski definition) is 2. The van der Waals surface area contributed by atoms with Crippen molar-refractivity contribution in [1.29, 1.82) is 0 Å². The summed E-state index contributed by atoms with van der Waals surface area (Å²) in [5, 5.41) is 4.62. The van der Waals surface area contributed by atoms with Crippen LogP contribution in [0.5, 0.6) is 0 Å². The van der Waals surface area contributed by atoms with Gasteiger partial charge in [0.2, 0.25) is 0 Å². The number of aromatic nitrogens is 1. The summed E-state index contributed by atoms with van der Waals surface area (Å²) < 4.78 is 6.62. The summed E-state index contributed by atoms with van der Waals surface area (Å²) in [6, 6.07) is 6.03. The van der Waals surface area contributed by atoms with Crippen molar-refractivity contribution in [3.05, 3.63) is 28.9 Å². The molecule has 3 rings (SSSR count). The smallest absolute Gasteiger partial charge is 0.0743 e. The zero-order valence-electron chi connectivity index (χ0n) is 11.4. The van der Waals surface area contributed by atoms with E-state index in [2.05, 4.69) is 33.2 Å². The molecule has 1 aliphatic rings. The van der Waals surface area contributed by atoms with E-state index >= 15 is 0 Å². The average Bonchev–Trinajstić information content (AvgIpc) is 2.43. The molecule has 4 nitrogen and oxygen atoms in total. The molecule has 0 spiro atoms. The van der Waals surface area contributed by atoms with Crippen LogP contribution in [0, 0.1) is 0 Å². The lowest BCUT2D eigenvalue weighted by atomic mass is 9.94. The summed E-state index contributed by atoms with van der Waals surface area (Å²) in [6.45, 7) is 3.72. The molecule has 1 saturated heterocycles. The first-order chi connectivity index (χ1) is 9.57. The number of ether oxygens (including phenoxy) is 1. The highest BCUT2D eigenvalue weighted by atomic mass is 79.9. The summed E-state index contributed by atoms with van der Waals surface area (Å²) in [5.74, 6) is 0. The summed E-state index contributed by atoms with van der Waals surface area (Å²) in [5.41, 5.74) is 8.60. The van der Waals surface area contributed by atoms with Gasteiger partial charge in [0.1, 0.15) is 0 Å². The van der Waals surface area contributed by atoms with Crippen LogP contribution < -0.4 is 11.1 Å². The lowest BCUT2D eigenvalue weighted by molar-refractivity contribution is 0.0541. The van der Waals surface area contributed by atoms with Crippen LogP contribution in [-0.4, -0.2) is 23.7 Å². The first-order valence-electron chi connectivity index (χ1n) is 6.77. The van der Waals surface area contributed by atoms with Gasteiger partial charge in [-0.05, 0) is 38.0 Å². The van der Waals surface area contributed by atoms with Gasteiger partial charge in [-0.15, -0.1) is 0 Å². The Bertz CT molecular complexity index is 633. The maximum Gasteiger partial charge on any atom is 0.0743 e. The average molecular weight is 336 g/mol. The first-order valence-corrected chi connectivity index (χ1v) is 7.56. The fourth-order valence-corrected chi connectivity index (χ4v) is 3.02. The van der Waals surface area contributed by atoms with E-state index in [1.807, 2.05) is 18.2 Å². The Morgan fingerprint density at radius 2 is 2.30 bits per heavy atom. The van der Waals surface area contributed by atoms with Crippen molar-refractivity contribution in [2.75, 3.05) is 24.3 Å². The summed E-state index contributed by atoms with van der Waals surface area (Å²) in [7, 11) is 0. The summed E-state index contributed by atoms with van der Waals surface area (Å²) >= 11 is 3.51. The molecule has 0 amide bonds. The Hall–Kier alpha value is -1.33. The van der Waals surface area contributed by atoms with Crippen LogP contribution in [0.4, 0.5) is 11.4 Å². The van der Waals surface area contributed by atoms with Gasteiger partial charge in [-0.1, -0.05) is 15.9 Å². The quantitative estimate of drug-likeness (QED) is 0.880. The normalized spacial score (nSPS) is 22.9. The maximum atomic E-state index is 6.13. The van der Waals surface area contributed by atoms with Crippen molar-refractivity contribution < 1.29 is 4.74 Å². The first kappa shape index (κ1) is 13.6. The summed E-state index contributed by atoms with van der Waals surface area (Å²) in [6.07, 6.45) is 3.85. The molecule has 0 bridgehead atoms. The van der Waals surface area contributed by atoms with Crippen molar-refractivity contribution in [1.82, 2.24) is 4.98 Å². The van der Waals surface area contributed by atoms with E-state index < -0.39 is 0 Å². The second kappa shape index (κ2) is 5.22. The fraction of sp³-hybridized carbons (Fsp3) is 0.400. The highest BCUT2D eigenvalue weighted by molar-refractivity contribution is 9.10. The molecule has 1 aromatic heterocycles. The van der Waals surface area contributed by atoms with Crippen LogP contribution in [0.15, 0.2) is 28.9 Å². The summed E-state index contributed by atoms with van der Waals surface area (Å²) in [4.78, 5) is 4.38. The van der Waals surface area contributed by atoms with Crippen LogP contribution in [0.25, 0.3) is 10.9 Å². The van der Waals surface area contributed by atoms with Gasteiger partial charge >= 0.3 is 0 Å². The van der Waals surface area contributed by atoms with Gasteiger partial charge in [0.25, 0.3) is 0 Å². The minimum absolute atomic E-state index is 0.0804. The Kier molecular flexibility index (Phi) is 3.56. The monoisotopic (exact) mass is 335 g/mol. The van der Waals surface area contributed by atoms with Crippen LogP contribution in [-0.2, 0) is 4.74 Å². The minimum Gasteiger partial charge on any atom is -0.396 e. The third-order valence-electron chi connectivity index (χ3n) is 3.72. The minimum atomic E-state index is -0.0804. The van der Waals surface area contributed by atoms with Crippen LogP contribution in [0.3, 0.4) is 0 Å². The van der Waals surface area contributed by atoms with Gasteiger partial charge in [-0.25, -0.2) is 0 Å². The van der Waals surface area contributed by atoms with Gasteiger partial charge in [-0.2, -0.15) is 0 Å². The molecule has 1 fully saturated rings. The molecular weight excluding hydrogens is 318 g/mol. The number of hydrogen-bond acceptors (Lipinski definition) is 4. The molecule has 0 radical (unpaired) electrons. The molecule has 2 heterocycles. The zero-order chi connectivity index (χ0) is 14.2. The molecule has 0 saturated carbocycles. The number of nitrogens with two attached hydrogens (primary N) is 1. The highest BCUT2D eigenvalue weighted by Crippen LogP contribution is 2.34. The zero-order valence-corrected chi connectivity index (χ0v) is 13.0. The van der Waals surface area contributed by atoms with Crippen molar-refractivity contribution in [2.24, 2.45) is 0 Å². The molecule has 2 aromatic rings. The molecule has 20 heavy (non-hydrogen) atoms. The van der Waals surface area contributed by atoms with E-state index in [1.54, 1.807) is 6.20 Å². The van der Waals surface area contributed by atoms with Crippen molar-refractivity contribution >= 4 is 38.2 Å². The molecule has 5 heteroatoms. The number of nitrogens with zero attached hydrogens (tertiary/aromatic N) is 1. The van der Waals surface area contributed by atoms with Gasteiger partial charge < -0.3 is 15.8 Å². The SMILES string of the molecule is CC1(Nc2c(N)cnc3ccc(Br)cc23)CCCOC1. The van der Waals surface area contributed by atoms with Gasteiger partial charge in [0, 0.05) is 16.5 Å². The van der Waals surface area contributed by atoms with Crippen LogP contribution >= 0.6 is 15.9 Å². The van der Waals surface area contributed by atoms with Crippen LogP contribution in [0.1, 0.15) is 19.8 Å². The standard InChI is InChI=1S/C15H18BrN3O/c1-15(5-2-6-20-9-15)19-14-11-7-10(16)3-4-13(11)18-8-12(14)17/h3-4,7-8H,2,5-6,9,17H2,1H3,(H,18,19). The Morgan fingerprint density at radius 1 is 1.45 bits per heavy atom.